The molecule has 2 aliphatic heterocycles. The Morgan fingerprint density at radius 1 is 0.942 bits per heavy atom. The van der Waals surface area contributed by atoms with Gasteiger partial charge >= 0.3 is 0 Å². The summed E-state index contributed by atoms with van der Waals surface area (Å²) in [5, 5.41) is 9.31. The van der Waals surface area contributed by atoms with E-state index in [0.29, 0.717) is 68.4 Å². The van der Waals surface area contributed by atoms with E-state index < -0.39 is 28.9 Å². The fraction of sp³-hybridized carbons (Fsp3) is 0.472. The molecule has 0 unspecified atom stereocenters. The molecule has 0 bridgehead atoms. The van der Waals surface area contributed by atoms with Crippen LogP contribution in [0, 0.1) is 31.8 Å². The number of nitrogens with one attached hydrogen (secondary N) is 3. The van der Waals surface area contributed by atoms with Crippen molar-refractivity contribution < 1.29 is 28.7 Å². The first-order valence-corrected chi connectivity index (χ1v) is 25.1. The lowest BCUT2D eigenvalue weighted by molar-refractivity contribution is -0.144. The van der Waals surface area contributed by atoms with Gasteiger partial charge in [-0.1, -0.05) is 70.2 Å². The number of hydrogen-bond donors (Lipinski definition) is 3. The maximum atomic E-state index is 14.1. The van der Waals surface area contributed by atoms with Gasteiger partial charge in [0.05, 0.1) is 22.7 Å². The number of anilines is 2. The normalized spacial score (nSPS) is 17.2. The van der Waals surface area contributed by atoms with Crippen LogP contribution in [0.4, 0.5) is 17.1 Å². The van der Waals surface area contributed by atoms with Crippen molar-refractivity contribution in [2.45, 2.75) is 125 Å². The third kappa shape index (κ3) is 13.0. The van der Waals surface area contributed by atoms with Crippen molar-refractivity contribution in [1.29, 1.82) is 0 Å². The molecule has 2 fully saturated rings. The number of benzene rings is 3. The Bertz CT molecular complexity index is 2550. The minimum atomic E-state index is -0.911. The van der Waals surface area contributed by atoms with E-state index in [1.807, 2.05) is 120 Å². The Morgan fingerprint density at radius 2 is 1.64 bits per heavy atom. The number of carbonyl (C=O) groups excluding carboxylic acids is 5. The summed E-state index contributed by atoms with van der Waals surface area (Å²) in [5.74, 6) is -0.910. The Balaban J connectivity index is 0.856. The molecule has 2 aliphatic rings. The van der Waals surface area contributed by atoms with Crippen LogP contribution in [0.3, 0.4) is 0 Å². The van der Waals surface area contributed by atoms with Crippen molar-refractivity contribution in [1.82, 2.24) is 25.8 Å². The number of thiocarbonyl (C=S) groups is 1. The lowest BCUT2D eigenvalue weighted by Crippen LogP contribution is -2.58. The summed E-state index contributed by atoms with van der Waals surface area (Å²) in [6, 6.07) is 19.7. The van der Waals surface area contributed by atoms with Gasteiger partial charge in [-0.05, 0) is 136 Å². The molecule has 0 aliphatic carbocycles. The SMILES string of the molecule is [C-]#[N+]c1ccc(N2C(=O)C(C)(C)N(c3ccc(CCCC(=O)NCCCCCOCC(=O)N[C@H](C(=O)N4C[C@H](C)C[C@H]4C(=O)NCc4ccc(-c5scnc5C)cc4)C(C)(C)C)cc3)C2=S)cc1C. The summed E-state index contributed by atoms with van der Waals surface area (Å²) in [6.45, 7) is 24.1. The van der Waals surface area contributed by atoms with E-state index in [4.69, 9.17) is 23.5 Å². The van der Waals surface area contributed by atoms with E-state index in [-0.39, 0.29) is 36.2 Å². The number of carbonyl (C=O) groups is 5. The van der Waals surface area contributed by atoms with Gasteiger partial charge in [0.25, 0.3) is 5.91 Å². The van der Waals surface area contributed by atoms with Crippen molar-refractivity contribution in [3.8, 4) is 10.4 Å². The molecule has 4 aromatic rings. The second-order valence-electron chi connectivity index (χ2n) is 19.8. The average molecular weight is 975 g/mol. The van der Waals surface area contributed by atoms with Crippen molar-refractivity contribution in [2.24, 2.45) is 11.3 Å². The fourth-order valence-corrected chi connectivity index (χ4v) is 10.2. The summed E-state index contributed by atoms with van der Waals surface area (Å²) >= 11 is 7.42. The van der Waals surface area contributed by atoms with Crippen LogP contribution in [-0.2, 0) is 41.7 Å². The molecule has 0 radical (unpaired) electrons. The van der Waals surface area contributed by atoms with Gasteiger partial charge in [-0.3, -0.25) is 28.9 Å². The second-order valence-corrected chi connectivity index (χ2v) is 21.0. The standard InChI is InChI=1S/C53H66N8O6S2/c1-34-28-43(48(64)56-30-38-16-20-39(21-17-38)46-36(3)57-33-69-46)59(31-34)49(65)47(52(4,5)6)58-45(63)32-67-27-12-10-11-26-55-44(62)15-13-14-37-18-22-40(23-19-37)61-51(68)60(50(66)53(61,7)8)41-24-25-42(54-9)35(2)29-41/h16-25,29,33-34,43,47H,10-15,26-28,30-32H2,1-8H3,(H,55,62)(H,56,64)(H,58,63)/t34-,43+,47-/m1/s1. The molecular formula is C53H66N8O6S2. The quantitative estimate of drug-likeness (QED) is 0.0448. The summed E-state index contributed by atoms with van der Waals surface area (Å²) in [7, 11) is 0. The Kier molecular flexibility index (Phi) is 17.5. The molecule has 1 aromatic heterocycles. The van der Waals surface area contributed by atoms with Gasteiger partial charge in [0, 0.05) is 44.0 Å². The summed E-state index contributed by atoms with van der Waals surface area (Å²) in [5.41, 5.74) is 7.15. The van der Waals surface area contributed by atoms with E-state index in [2.05, 4.69) is 25.8 Å². The number of ether oxygens (including phenoxy) is 1. The molecule has 3 aromatic carbocycles. The molecule has 69 heavy (non-hydrogen) atoms. The third-order valence-corrected chi connectivity index (χ3v) is 14.1. The second kappa shape index (κ2) is 23.1. The number of nitrogens with zero attached hydrogens (tertiary/aromatic N) is 5. The van der Waals surface area contributed by atoms with Crippen molar-refractivity contribution in [2.75, 3.05) is 36.1 Å². The molecule has 0 saturated carbocycles. The van der Waals surface area contributed by atoms with Crippen LogP contribution >= 0.6 is 23.6 Å². The van der Waals surface area contributed by atoms with E-state index in [0.717, 1.165) is 57.8 Å². The molecule has 5 amide bonds. The van der Waals surface area contributed by atoms with Crippen molar-refractivity contribution in [3.05, 3.63) is 106 Å². The Morgan fingerprint density at radius 3 is 2.29 bits per heavy atom. The van der Waals surface area contributed by atoms with Gasteiger partial charge < -0.3 is 30.5 Å². The minimum Gasteiger partial charge on any atom is -0.372 e. The van der Waals surface area contributed by atoms with Crippen molar-refractivity contribution >= 4 is 75.3 Å². The minimum absolute atomic E-state index is 0.00979. The average Bonchev–Trinajstić information content (AvgIpc) is 3.97. The maximum absolute atomic E-state index is 14.1. The van der Waals surface area contributed by atoms with Gasteiger partial charge in [-0.2, -0.15) is 0 Å². The number of hydrogen-bond acceptors (Lipinski definition) is 9. The number of thiazole rings is 1. The van der Waals surface area contributed by atoms with Gasteiger partial charge in [0.15, 0.2) is 10.8 Å². The van der Waals surface area contributed by atoms with Crippen LogP contribution in [-0.4, -0.2) is 88.5 Å². The zero-order valence-electron chi connectivity index (χ0n) is 41.1. The molecular weight excluding hydrogens is 909 g/mol. The number of unbranched alkanes of at least 4 members (excludes halogenated alkanes) is 2. The van der Waals surface area contributed by atoms with E-state index in [1.165, 1.54) is 4.90 Å². The number of aromatic nitrogens is 1. The highest BCUT2D eigenvalue weighted by molar-refractivity contribution is 7.81. The van der Waals surface area contributed by atoms with Crippen LogP contribution in [0.25, 0.3) is 15.3 Å². The predicted molar refractivity (Wildman–Crippen MR) is 276 cm³/mol. The maximum Gasteiger partial charge on any atom is 0.259 e. The largest absolute Gasteiger partial charge is 0.372 e. The van der Waals surface area contributed by atoms with Gasteiger partial charge in [-0.15, -0.1) is 11.3 Å². The molecule has 366 valence electrons. The zero-order chi connectivity index (χ0) is 50.0. The molecule has 2 saturated heterocycles. The molecule has 6 rings (SSSR count). The van der Waals surface area contributed by atoms with Gasteiger partial charge in [0.2, 0.25) is 23.6 Å². The Labute approximate surface area is 416 Å². The van der Waals surface area contributed by atoms with Gasteiger partial charge in [0.1, 0.15) is 24.2 Å². The first kappa shape index (κ1) is 52.4. The monoisotopic (exact) mass is 974 g/mol. The number of likely N-dealkylation sites (tertiary alicyclic amines) is 1. The van der Waals surface area contributed by atoms with E-state index >= 15 is 0 Å². The van der Waals surface area contributed by atoms with Crippen molar-refractivity contribution in [3.63, 3.8) is 0 Å². The van der Waals surface area contributed by atoms with Crippen LogP contribution < -0.4 is 25.8 Å². The lowest BCUT2D eigenvalue weighted by Gasteiger charge is -2.35. The molecule has 0 spiro atoms. The predicted octanol–water partition coefficient (Wildman–Crippen LogP) is 8.60. The number of aryl methyl sites for hydroxylation is 3. The molecule has 3 heterocycles. The summed E-state index contributed by atoms with van der Waals surface area (Å²) in [6.07, 6.45) is 4.62. The molecule has 16 heteroatoms. The summed E-state index contributed by atoms with van der Waals surface area (Å²) < 4.78 is 5.69. The highest BCUT2D eigenvalue weighted by atomic mass is 32.1. The zero-order valence-corrected chi connectivity index (χ0v) is 42.8. The van der Waals surface area contributed by atoms with Crippen LogP contribution in [0.1, 0.15) is 102 Å². The first-order chi connectivity index (χ1) is 32.8. The van der Waals surface area contributed by atoms with Crippen LogP contribution in [0.2, 0.25) is 0 Å². The van der Waals surface area contributed by atoms with Gasteiger partial charge in [-0.25, -0.2) is 9.83 Å². The van der Waals surface area contributed by atoms with E-state index in [1.54, 1.807) is 28.4 Å². The molecule has 14 nitrogen and oxygen atoms in total. The lowest BCUT2D eigenvalue weighted by atomic mass is 9.85. The highest BCUT2D eigenvalue weighted by Gasteiger charge is 2.50. The topological polar surface area (TPSA) is 158 Å². The van der Waals surface area contributed by atoms with E-state index in [9.17, 15) is 24.0 Å². The third-order valence-electron chi connectivity index (χ3n) is 12.8. The Hall–Kier alpha value is -6.02. The highest BCUT2D eigenvalue weighted by Crippen LogP contribution is 2.38. The fourth-order valence-electron chi connectivity index (χ4n) is 8.83. The molecule has 3 N–H and O–H groups in total. The van der Waals surface area contributed by atoms with Crippen LogP contribution in [0.5, 0.6) is 0 Å². The first-order valence-electron chi connectivity index (χ1n) is 23.8. The smallest absolute Gasteiger partial charge is 0.259 e. The summed E-state index contributed by atoms with van der Waals surface area (Å²) in [4.78, 5) is 80.9. The number of rotatable bonds is 20. The van der Waals surface area contributed by atoms with Crippen LogP contribution in [0.15, 0.2) is 72.2 Å². The molecule has 3 atom stereocenters. The number of amides is 5.